The molecular formula is C23H25N3O5S3. The van der Waals surface area contributed by atoms with Gasteiger partial charge in [0, 0.05) is 19.3 Å². The molecule has 8 nitrogen and oxygen atoms in total. The lowest BCUT2D eigenvalue weighted by Crippen LogP contribution is -2.40. The highest BCUT2D eigenvalue weighted by molar-refractivity contribution is 7.90. The minimum atomic E-state index is -3.84. The summed E-state index contributed by atoms with van der Waals surface area (Å²) < 4.78 is 54.0. The fraction of sp³-hybridized carbons (Fsp3) is 0.304. The molecule has 0 aliphatic carbocycles. The zero-order valence-electron chi connectivity index (χ0n) is 18.8. The molecule has 1 aliphatic rings. The van der Waals surface area contributed by atoms with Gasteiger partial charge in [0.25, 0.3) is 5.91 Å². The van der Waals surface area contributed by atoms with Crippen LogP contribution in [0.15, 0.2) is 69.9 Å². The Balaban J connectivity index is 1.75. The number of carbonyl (C=O) groups is 1. The topological polar surface area (TPSA) is 106 Å². The van der Waals surface area contributed by atoms with E-state index in [-0.39, 0.29) is 16.3 Å². The van der Waals surface area contributed by atoms with Gasteiger partial charge in [-0.2, -0.15) is 9.30 Å². The Labute approximate surface area is 202 Å². The maximum atomic E-state index is 13.2. The second-order valence-corrected chi connectivity index (χ2v) is 13.1. The van der Waals surface area contributed by atoms with Crippen molar-refractivity contribution in [1.29, 1.82) is 0 Å². The molecule has 1 atom stereocenters. The number of nitrogens with zero attached hydrogens (tertiary/aromatic N) is 3. The van der Waals surface area contributed by atoms with Crippen LogP contribution in [0.5, 0.6) is 0 Å². The Morgan fingerprint density at radius 1 is 1.15 bits per heavy atom. The summed E-state index contributed by atoms with van der Waals surface area (Å²) in [4.78, 5) is 18.2. The number of aromatic nitrogens is 1. The Kier molecular flexibility index (Phi) is 6.65. The van der Waals surface area contributed by atoms with E-state index in [1.807, 2.05) is 6.92 Å². The van der Waals surface area contributed by atoms with Crippen molar-refractivity contribution in [3.8, 4) is 0 Å². The van der Waals surface area contributed by atoms with Crippen LogP contribution in [0.3, 0.4) is 0 Å². The molecule has 0 bridgehead atoms. The lowest BCUT2D eigenvalue weighted by molar-refractivity contribution is -0.121. The summed E-state index contributed by atoms with van der Waals surface area (Å²) in [6.07, 6.45) is 3.74. The zero-order valence-corrected chi connectivity index (χ0v) is 21.3. The summed E-state index contributed by atoms with van der Waals surface area (Å²) in [7, 11) is -7.24. The first kappa shape index (κ1) is 24.5. The van der Waals surface area contributed by atoms with E-state index < -0.39 is 31.8 Å². The number of sulfone groups is 1. The van der Waals surface area contributed by atoms with Gasteiger partial charge in [-0.3, -0.25) is 4.79 Å². The Morgan fingerprint density at radius 3 is 2.47 bits per heavy atom. The first-order chi connectivity index (χ1) is 16.0. The van der Waals surface area contributed by atoms with E-state index in [1.54, 1.807) is 47.0 Å². The van der Waals surface area contributed by atoms with Gasteiger partial charge in [0.2, 0.25) is 10.0 Å². The van der Waals surface area contributed by atoms with Crippen molar-refractivity contribution in [2.45, 2.75) is 42.1 Å². The van der Waals surface area contributed by atoms with Crippen LogP contribution in [0.4, 0.5) is 0 Å². The molecule has 11 heteroatoms. The predicted octanol–water partition coefficient (Wildman–Crippen LogP) is 2.88. The average Bonchev–Trinajstić information content (AvgIpc) is 3.39. The monoisotopic (exact) mass is 519 g/mol. The fourth-order valence-electron chi connectivity index (χ4n) is 3.96. The summed E-state index contributed by atoms with van der Waals surface area (Å²) in [5.41, 5.74) is 1.66. The van der Waals surface area contributed by atoms with E-state index in [2.05, 4.69) is 11.6 Å². The van der Waals surface area contributed by atoms with Crippen molar-refractivity contribution in [1.82, 2.24) is 8.87 Å². The number of thiazole rings is 1. The standard InChI is InChI=1S/C23H25N3O5S3/c1-4-13-25-19-12-11-18(33(3,28)29)15-21(19)32-23(25)24-22(27)20-6-5-14-26(20)34(30,31)17-9-7-16(2)8-10-17/h4,7-12,15,20H,1,5-6,13-14H2,2-3H3. The van der Waals surface area contributed by atoms with Crippen LogP contribution in [0.1, 0.15) is 18.4 Å². The van der Waals surface area contributed by atoms with Crippen molar-refractivity contribution in [3.63, 3.8) is 0 Å². The summed E-state index contributed by atoms with van der Waals surface area (Å²) in [6, 6.07) is 10.4. The van der Waals surface area contributed by atoms with Crippen LogP contribution in [0, 0.1) is 6.92 Å². The van der Waals surface area contributed by atoms with Crippen molar-refractivity contribution >= 4 is 47.3 Å². The Bertz CT molecular complexity index is 1550. The number of carbonyl (C=O) groups excluding carboxylic acids is 1. The molecule has 180 valence electrons. The first-order valence-corrected chi connectivity index (χ1v) is 14.8. The van der Waals surface area contributed by atoms with Crippen molar-refractivity contribution in [2.24, 2.45) is 4.99 Å². The zero-order chi connectivity index (χ0) is 24.7. The van der Waals surface area contributed by atoms with E-state index in [9.17, 15) is 21.6 Å². The van der Waals surface area contributed by atoms with Crippen LogP contribution < -0.4 is 4.80 Å². The smallest absolute Gasteiger partial charge is 0.266 e. The van der Waals surface area contributed by atoms with E-state index in [4.69, 9.17) is 0 Å². The number of allylic oxidation sites excluding steroid dienone is 1. The number of aryl methyl sites for hydroxylation is 1. The first-order valence-electron chi connectivity index (χ1n) is 10.6. The Hall–Kier alpha value is -2.60. The average molecular weight is 520 g/mol. The molecule has 2 heterocycles. The van der Waals surface area contributed by atoms with Gasteiger partial charge in [0.15, 0.2) is 14.6 Å². The number of benzene rings is 2. The molecule has 34 heavy (non-hydrogen) atoms. The fourth-order valence-corrected chi connectivity index (χ4v) is 7.42. The number of hydrogen-bond donors (Lipinski definition) is 0. The largest absolute Gasteiger partial charge is 0.313 e. The Morgan fingerprint density at radius 2 is 1.82 bits per heavy atom. The van der Waals surface area contributed by atoms with E-state index in [0.717, 1.165) is 17.3 Å². The third kappa shape index (κ3) is 4.65. The molecular weight excluding hydrogens is 494 g/mol. The highest BCUT2D eigenvalue weighted by Gasteiger charge is 2.39. The molecule has 1 fully saturated rings. The van der Waals surface area contributed by atoms with E-state index in [1.165, 1.54) is 21.7 Å². The minimum absolute atomic E-state index is 0.148. The number of amides is 1. The third-order valence-corrected chi connectivity index (χ3v) is 9.79. The molecule has 1 amide bonds. The second kappa shape index (κ2) is 9.21. The van der Waals surface area contributed by atoms with Crippen LogP contribution in [-0.2, 0) is 31.2 Å². The molecule has 1 unspecified atom stereocenters. The summed E-state index contributed by atoms with van der Waals surface area (Å²) in [5, 5.41) is 0. The molecule has 3 aromatic rings. The van der Waals surface area contributed by atoms with Crippen LogP contribution in [0.25, 0.3) is 10.2 Å². The van der Waals surface area contributed by atoms with Crippen LogP contribution >= 0.6 is 11.3 Å². The maximum Gasteiger partial charge on any atom is 0.266 e. The van der Waals surface area contributed by atoms with Crippen LogP contribution in [-0.4, -0.2) is 50.5 Å². The number of fused-ring (bicyclic) bond motifs is 1. The molecule has 1 saturated heterocycles. The van der Waals surface area contributed by atoms with Gasteiger partial charge >= 0.3 is 0 Å². The summed E-state index contributed by atoms with van der Waals surface area (Å²) in [6.45, 7) is 6.24. The third-order valence-electron chi connectivity index (χ3n) is 5.72. The highest BCUT2D eigenvalue weighted by atomic mass is 32.2. The summed E-state index contributed by atoms with van der Waals surface area (Å²) >= 11 is 1.18. The molecule has 0 radical (unpaired) electrons. The van der Waals surface area contributed by atoms with Gasteiger partial charge in [-0.1, -0.05) is 35.1 Å². The molecule has 0 saturated carbocycles. The quantitative estimate of drug-likeness (QED) is 0.466. The number of sulfonamides is 1. The maximum absolute atomic E-state index is 13.2. The molecule has 0 N–H and O–H groups in total. The molecule has 2 aromatic carbocycles. The number of hydrogen-bond acceptors (Lipinski definition) is 6. The molecule has 0 spiro atoms. The van der Waals surface area contributed by atoms with Crippen molar-refractivity contribution in [2.75, 3.05) is 12.8 Å². The van der Waals surface area contributed by atoms with Gasteiger partial charge in [-0.15, -0.1) is 6.58 Å². The lowest BCUT2D eigenvalue weighted by Gasteiger charge is -2.21. The van der Waals surface area contributed by atoms with Crippen molar-refractivity contribution < 1.29 is 21.6 Å². The molecule has 4 rings (SSSR count). The van der Waals surface area contributed by atoms with Crippen molar-refractivity contribution in [3.05, 3.63) is 65.5 Å². The number of rotatable bonds is 6. The van der Waals surface area contributed by atoms with Gasteiger partial charge < -0.3 is 4.57 Å². The van der Waals surface area contributed by atoms with E-state index in [0.29, 0.717) is 28.9 Å². The van der Waals surface area contributed by atoms with Gasteiger partial charge in [0.05, 0.1) is 20.0 Å². The highest BCUT2D eigenvalue weighted by Crippen LogP contribution is 2.27. The normalized spacial score (nSPS) is 17.9. The second-order valence-electron chi connectivity index (χ2n) is 8.22. The van der Waals surface area contributed by atoms with Gasteiger partial charge in [-0.05, 0) is 50.1 Å². The van der Waals surface area contributed by atoms with E-state index >= 15 is 0 Å². The summed E-state index contributed by atoms with van der Waals surface area (Å²) in [5.74, 6) is -0.541. The van der Waals surface area contributed by atoms with Crippen LogP contribution in [0.2, 0.25) is 0 Å². The predicted molar refractivity (Wildman–Crippen MR) is 132 cm³/mol. The SMILES string of the molecule is C=CCn1c(=NC(=O)C2CCCN2S(=O)(=O)c2ccc(C)cc2)sc2cc(S(C)(=O)=O)ccc21. The van der Waals surface area contributed by atoms with Gasteiger partial charge in [-0.25, -0.2) is 16.8 Å². The lowest BCUT2D eigenvalue weighted by atomic mass is 10.2. The minimum Gasteiger partial charge on any atom is -0.313 e. The van der Waals surface area contributed by atoms with Gasteiger partial charge in [0.1, 0.15) is 6.04 Å². The molecule has 1 aliphatic heterocycles. The molecule has 1 aromatic heterocycles.